The van der Waals surface area contributed by atoms with Crippen LogP contribution in [-0.4, -0.2) is 24.4 Å². The summed E-state index contributed by atoms with van der Waals surface area (Å²) in [5.41, 5.74) is 1.40. The first kappa shape index (κ1) is 16.3. The lowest BCUT2D eigenvalue weighted by Gasteiger charge is -2.17. The molecule has 0 bridgehead atoms. The van der Waals surface area contributed by atoms with Crippen molar-refractivity contribution in [2.75, 3.05) is 18.5 Å². The Morgan fingerprint density at radius 2 is 1.87 bits per heavy atom. The largest absolute Gasteiger partial charge is 0.479 e. The maximum atomic E-state index is 12.0. The van der Waals surface area contributed by atoms with Crippen molar-refractivity contribution in [3.8, 4) is 11.8 Å². The first-order valence-corrected chi connectivity index (χ1v) is 7.06. The third-order valence-electron chi connectivity index (χ3n) is 3.11. The van der Waals surface area contributed by atoms with E-state index in [2.05, 4.69) is 10.6 Å². The molecule has 0 unspecified atom stereocenters. The fourth-order valence-corrected chi connectivity index (χ4v) is 2.00. The molecule has 0 spiro atoms. The molecule has 2 rings (SSSR count). The van der Waals surface area contributed by atoms with Crippen LogP contribution in [0.4, 0.5) is 10.5 Å². The van der Waals surface area contributed by atoms with Crippen molar-refractivity contribution < 1.29 is 14.6 Å². The SMILES string of the molecule is N#CCOc1ccc(NC(=O)N[C@H](CO)c2ccccc2)cc1. The zero-order valence-corrected chi connectivity index (χ0v) is 12.4. The molecule has 2 amide bonds. The molecule has 2 aromatic carbocycles. The van der Waals surface area contributed by atoms with E-state index in [9.17, 15) is 9.90 Å². The Labute approximate surface area is 134 Å². The number of aliphatic hydroxyl groups excluding tert-OH is 1. The van der Waals surface area contributed by atoms with Gasteiger partial charge in [0, 0.05) is 5.69 Å². The van der Waals surface area contributed by atoms with Crippen LogP contribution in [0.5, 0.6) is 5.75 Å². The molecule has 0 aliphatic carbocycles. The number of benzene rings is 2. The first-order valence-electron chi connectivity index (χ1n) is 7.06. The van der Waals surface area contributed by atoms with Crippen LogP contribution < -0.4 is 15.4 Å². The number of hydrogen-bond acceptors (Lipinski definition) is 4. The number of nitriles is 1. The molecule has 3 N–H and O–H groups in total. The fourth-order valence-electron chi connectivity index (χ4n) is 2.00. The molecule has 0 aliphatic heterocycles. The van der Waals surface area contributed by atoms with Crippen LogP contribution in [0.3, 0.4) is 0 Å². The van der Waals surface area contributed by atoms with Gasteiger partial charge in [0.15, 0.2) is 6.61 Å². The van der Waals surface area contributed by atoms with Gasteiger partial charge in [0.05, 0.1) is 12.6 Å². The van der Waals surface area contributed by atoms with Gasteiger partial charge in [0.2, 0.25) is 0 Å². The number of rotatable bonds is 6. The van der Waals surface area contributed by atoms with Gasteiger partial charge in [-0.05, 0) is 29.8 Å². The normalized spacial score (nSPS) is 11.1. The highest BCUT2D eigenvalue weighted by molar-refractivity contribution is 5.89. The molecule has 0 saturated heterocycles. The Balaban J connectivity index is 1.92. The van der Waals surface area contributed by atoms with Crippen molar-refractivity contribution in [1.82, 2.24) is 5.32 Å². The number of hydrogen-bond donors (Lipinski definition) is 3. The molecular weight excluding hydrogens is 294 g/mol. The van der Waals surface area contributed by atoms with Gasteiger partial charge in [0.1, 0.15) is 11.8 Å². The molecule has 6 heteroatoms. The summed E-state index contributed by atoms with van der Waals surface area (Å²) in [6.07, 6.45) is 0. The number of anilines is 1. The second kappa shape index (κ2) is 8.41. The maximum Gasteiger partial charge on any atom is 0.319 e. The number of nitrogens with zero attached hydrogens (tertiary/aromatic N) is 1. The monoisotopic (exact) mass is 311 g/mol. The van der Waals surface area contributed by atoms with Crippen LogP contribution in [0.1, 0.15) is 11.6 Å². The van der Waals surface area contributed by atoms with E-state index in [-0.39, 0.29) is 13.2 Å². The predicted molar refractivity (Wildman–Crippen MR) is 86.0 cm³/mol. The molecule has 2 aromatic rings. The van der Waals surface area contributed by atoms with Crippen molar-refractivity contribution in [3.05, 3.63) is 60.2 Å². The minimum absolute atomic E-state index is 0.0253. The summed E-state index contributed by atoms with van der Waals surface area (Å²) in [5, 5.41) is 23.3. The Hall–Kier alpha value is -3.04. The quantitative estimate of drug-likeness (QED) is 0.763. The lowest BCUT2D eigenvalue weighted by molar-refractivity contribution is 0.225. The van der Waals surface area contributed by atoms with Crippen molar-refractivity contribution >= 4 is 11.7 Å². The van der Waals surface area contributed by atoms with Gasteiger partial charge >= 0.3 is 6.03 Å². The summed E-state index contributed by atoms with van der Waals surface area (Å²) in [5.74, 6) is 0.551. The number of carbonyl (C=O) groups is 1. The molecule has 1 atom stereocenters. The van der Waals surface area contributed by atoms with Crippen LogP contribution in [-0.2, 0) is 0 Å². The van der Waals surface area contributed by atoms with E-state index >= 15 is 0 Å². The lowest BCUT2D eigenvalue weighted by Crippen LogP contribution is -2.34. The molecule has 6 nitrogen and oxygen atoms in total. The van der Waals surface area contributed by atoms with Gasteiger partial charge in [0.25, 0.3) is 0 Å². The van der Waals surface area contributed by atoms with Crippen LogP contribution in [0.25, 0.3) is 0 Å². The summed E-state index contributed by atoms with van der Waals surface area (Å²) < 4.78 is 5.13. The number of nitrogens with one attached hydrogen (secondary N) is 2. The number of amides is 2. The summed E-state index contributed by atoms with van der Waals surface area (Å²) in [7, 11) is 0. The Bertz CT molecular complexity index is 666. The van der Waals surface area contributed by atoms with E-state index in [1.165, 1.54) is 0 Å². The molecule has 0 aromatic heterocycles. The number of carbonyl (C=O) groups excluding carboxylic acids is 1. The van der Waals surface area contributed by atoms with Gasteiger partial charge in [-0.1, -0.05) is 30.3 Å². The van der Waals surface area contributed by atoms with E-state index in [1.54, 1.807) is 24.3 Å². The molecular formula is C17H17N3O3. The Morgan fingerprint density at radius 1 is 1.17 bits per heavy atom. The second-order valence-corrected chi connectivity index (χ2v) is 4.72. The molecule has 0 aliphatic rings. The molecule has 0 radical (unpaired) electrons. The third kappa shape index (κ3) is 5.02. The van der Waals surface area contributed by atoms with E-state index in [1.807, 2.05) is 36.4 Å². The summed E-state index contributed by atoms with van der Waals surface area (Å²) >= 11 is 0. The van der Waals surface area contributed by atoms with Crippen LogP contribution >= 0.6 is 0 Å². The van der Waals surface area contributed by atoms with Gasteiger partial charge in [-0.15, -0.1) is 0 Å². The van der Waals surface area contributed by atoms with Crippen LogP contribution in [0.15, 0.2) is 54.6 Å². The van der Waals surface area contributed by atoms with Crippen molar-refractivity contribution in [1.29, 1.82) is 5.26 Å². The summed E-state index contributed by atoms with van der Waals surface area (Å²) in [6.45, 7) is -0.221. The molecule has 23 heavy (non-hydrogen) atoms. The molecule has 0 saturated carbocycles. The first-order chi connectivity index (χ1) is 11.2. The van der Waals surface area contributed by atoms with Crippen molar-refractivity contribution in [3.63, 3.8) is 0 Å². The molecule has 0 heterocycles. The van der Waals surface area contributed by atoms with Gasteiger partial charge in [-0.25, -0.2) is 4.79 Å². The number of aliphatic hydroxyl groups is 1. The van der Waals surface area contributed by atoms with Gasteiger partial charge < -0.3 is 20.5 Å². The van der Waals surface area contributed by atoms with Crippen molar-refractivity contribution in [2.24, 2.45) is 0 Å². The smallest absolute Gasteiger partial charge is 0.319 e. The van der Waals surface area contributed by atoms with Crippen LogP contribution in [0, 0.1) is 11.3 Å². The fraction of sp³-hybridized carbons (Fsp3) is 0.176. The standard InChI is InChI=1S/C17H17N3O3/c18-10-11-23-15-8-6-14(7-9-15)19-17(22)20-16(12-21)13-4-2-1-3-5-13/h1-9,16,21H,11-12H2,(H2,19,20,22)/t16-/m1/s1. The average molecular weight is 311 g/mol. The van der Waals surface area contributed by atoms with Crippen molar-refractivity contribution in [2.45, 2.75) is 6.04 Å². The molecule has 0 fully saturated rings. The summed E-state index contributed by atoms with van der Waals surface area (Å²) in [6, 6.07) is 16.9. The van der Waals surface area contributed by atoms with E-state index < -0.39 is 12.1 Å². The zero-order chi connectivity index (χ0) is 16.5. The van der Waals surface area contributed by atoms with E-state index in [0.717, 1.165) is 5.56 Å². The molecule has 118 valence electrons. The highest BCUT2D eigenvalue weighted by atomic mass is 16.5. The lowest BCUT2D eigenvalue weighted by atomic mass is 10.1. The average Bonchev–Trinajstić information content (AvgIpc) is 2.60. The minimum Gasteiger partial charge on any atom is -0.479 e. The third-order valence-corrected chi connectivity index (χ3v) is 3.11. The topological polar surface area (TPSA) is 94.4 Å². The highest BCUT2D eigenvalue weighted by Crippen LogP contribution is 2.16. The predicted octanol–water partition coefficient (Wildman–Crippen LogP) is 2.44. The van der Waals surface area contributed by atoms with E-state index in [4.69, 9.17) is 10.00 Å². The summed E-state index contributed by atoms with van der Waals surface area (Å²) in [4.78, 5) is 12.0. The van der Waals surface area contributed by atoms with Gasteiger partial charge in [-0.3, -0.25) is 0 Å². The van der Waals surface area contributed by atoms with Crippen LogP contribution in [0.2, 0.25) is 0 Å². The minimum atomic E-state index is -0.477. The zero-order valence-electron chi connectivity index (χ0n) is 12.4. The van der Waals surface area contributed by atoms with E-state index in [0.29, 0.717) is 11.4 Å². The maximum absolute atomic E-state index is 12.0. The second-order valence-electron chi connectivity index (χ2n) is 4.72. The Morgan fingerprint density at radius 3 is 2.48 bits per heavy atom. The number of urea groups is 1. The van der Waals surface area contributed by atoms with Gasteiger partial charge in [-0.2, -0.15) is 5.26 Å². The number of ether oxygens (including phenoxy) is 1. The highest BCUT2D eigenvalue weighted by Gasteiger charge is 2.13. The Kier molecular flexibility index (Phi) is 5.98.